The van der Waals surface area contributed by atoms with Crippen LogP contribution in [0.2, 0.25) is 0 Å². The second-order valence-electron chi connectivity index (χ2n) is 5.27. The predicted molar refractivity (Wildman–Crippen MR) is 83.3 cm³/mol. The first-order chi connectivity index (χ1) is 10.6. The molecule has 1 heterocycles. The molecule has 0 spiro atoms. The van der Waals surface area contributed by atoms with E-state index in [0.717, 1.165) is 23.3 Å². The summed E-state index contributed by atoms with van der Waals surface area (Å²) in [6.07, 6.45) is 3.36. The summed E-state index contributed by atoms with van der Waals surface area (Å²) in [4.78, 5) is 12.0. The maximum Gasteiger partial charge on any atom is 0.261 e. The molecule has 1 unspecified atom stereocenters. The molecule has 116 valence electrons. The Balaban J connectivity index is 2.04. The van der Waals surface area contributed by atoms with Crippen LogP contribution in [0.3, 0.4) is 0 Å². The number of methoxy groups -OCH3 is 1. The summed E-state index contributed by atoms with van der Waals surface area (Å²) < 4.78 is 10.6. The van der Waals surface area contributed by atoms with Gasteiger partial charge in [-0.1, -0.05) is 12.1 Å². The first kappa shape index (κ1) is 16.1. The van der Waals surface area contributed by atoms with Gasteiger partial charge in [-0.25, -0.2) is 0 Å². The van der Waals surface area contributed by atoms with E-state index in [1.54, 1.807) is 13.2 Å². The molecule has 5 heteroatoms. The van der Waals surface area contributed by atoms with Crippen molar-refractivity contribution in [2.75, 3.05) is 20.3 Å². The molecule has 1 aromatic carbocycles. The van der Waals surface area contributed by atoms with Crippen molar-refractivity contribution in [2.45, 2.75) is 25.9 Å². The molecule has 1 N–H and O–H groups in total. The molecule has 0 aromatic heterocycles. The number of nitrogens with zero attached hydrogens (tertiary/aromatic N) is 1. The number of amides is 1. The van der Waals surface area contributed by atoms with Gasteiger partial charge in [0.25, 0.3) is 5.91 Å². The summed E-state index contributed by atoms with van der Waals surface area (Å²) in [5.74, 6) is 0.465. The highest BCUT2D eigenvalue weighted by atomic mass is 16.5. The van der Waals surface area contributed by atoms with Crippen LogP contribution in [0.5, 0.6) is 5.75 Å². The van der Waals surface area contributed by atoms with Crippen LogP contribution in [-0.2, 0) is 16.0 Å². The molecule has 1 aromatic rings. The summed E-state index contributed by atoms with van der Waals surface area (Å²) in [6, 6.07) is 7.70. The van der Waals surface area contributed by atoms with Crippen molar-refractivity contribution < 1.29 is 14.3 Å². The van der Waals surface area contributed by atoms with Gasteiger partial charge < -0.3 is 14.8 Å². The van der Waals surface area contributed by atoms with Crippen LogP contribution in [-0.4, -0.2) is 32.3 Å². The number of nitriles is 1. The molecule has 0 saturated heterocycles. The molecule has 0 bridgehead atoms. The van der Waals surface area contributed by atoms with E-state index in [1.807, 2.05) is 31.2 Å². The molecule has 1 atom stereocenters. The first-order valence-electron chi connectivity index (χ1n) is 7.32. The molecule has 2 rings (SSSR count). The monoisotopic (exact) mass is 300 g/mol. The van der Waals surface area contributed by atoms with E-state index >= 15 is 0 Å². The lowest BCUT2D eigenvalue weighted by Crippen LogP contribution is -2.26. The number of fused-ring (bicyclic) bond motifs is 1. The minimum atomic E-state index is -0.367. The normalized spacial score (nSPS) is 16.6. The zero-order valence-corrected chi connectivity index (χ0v) is 12.9. The number of nitrogens with one attached hydrogen (secondary N) is 1. The Morgan fingerprint density at radius 3 is 3.14 bits per heavy atom. The highest BCUT2D eigenvalue weighted by Gasteiger charge is 2.19. The second-order valence-corrected chi connectivity index (χ2v) is 5.27. The van der Waals surface area contributed by atoms with Gasteiger partial charge in [0.2, 0.25) is 0 Å². The lowest BCUT2D eigenvalue weighted by molar-refractivity contribution is -0.117. The van der Waals surface area contributed by atoms with E-state index in [-0.39, 0.29) is 17.6 Å². The molecule has 22 heavy (non-hydrogen) atoms. The number of carbonyl (C=O) groups excluding carboxylic acids is 1. The fourth-order valence-electron chi connectivity index (χ4n) is 2.34. The third kappa shape index (κ3) is 4.09. The van der Waals surface area contributed by atoms with Crippen molar-refractivity contribution in [3.05, 3.63) is 34.9 Å². The van der Waals surface area contributed by atoms with Gasteiger partial charge in [0.05, 0.1) is 0 Å². The largest absolute Gasteiger partial charge is 0.490 e. The van der Waals surface area contributed by atoms with Crippen molar-refractivity contribution in [3.8, 4) is 11.8 Å². The average molecular weight is 300 g/mol. The maximum atomic E-state index is 12.0. The molecule has 1 amide bonds. The Morgan fingerprint density at radius 1 is 1.59 bits per heavy atom. The van der Waals surface area contributed by atoms with Gasteiger partial charge in [0.15, 0.2) is 0 Å². The fourth-order valence-corrected chi connectivity index (χ4v) is 2.34. The van der Waals surface area contributed by atoms with Crippen LogP contribution >= 0.6 is 0 Å². The topological polar surface area (TPSA) is 71.3 Å². The van der Waals surface area contributed by atoms with Crippen molar-refractivity contribution in [1.82, 2.24) is 5.32 Å². The standard InChI is InChI=1S/C17H20N2O3/c1-12-8-14-5-4-13(10-16(14)22-12)9-15(11-18)17(20)19-6-3-7-21-2/h4-5,9-10,12H,3,6-8H2,1-2H3,(H,19,20)/b15-9+. The fraction of sp³-hybridized carbons (Fsp3) is 0.412. The summed E-state index contributed by atoms with van der Waals surface area (Å²) in [5.41, 5.74) is 2.03. The Labute approximate surface area is 130 Å². The average Bonchev–Trinajstić information content (AvgIpc) is 2.88. The number of hydrogen-bond donors (Lipinski definition) is 1. The SMILES string of the molecule is COCCCNC(=O)/C(C#N)=C/c1ccc2c(c1)OC(C)C2. The minimum Gasteiger partial charge on any atom is -0.490 e. The van der Waals surface area contributed by atoms with Crippen LogP contribution in [0.4, 0.5) is 0 Å². The highest BCUT2D eigenvalue weighted by Crippen LogP contribution is 2.30. The number of carbonyl (C=O) groups is 1. The van der Waals surface area contributed by atoms with E-state index in [0.29, 0.717) is 19.6 Å². The second kappa shape index (κ2) is 7.62. The van der Waals surface area contributed by atoms with Crippen molar-refractivity contribution in [2.24, 2.45) is 0 Å². The Hall–Kier alpha value is -2.32. The lowest BCUT2D eigenvalue weighted by Gasteiger charge is -2.05. The van der Waals surface area contributed by atoms with Gasteiger partial charge in [-0.3, -0.25) is 4.79 Å². The van der Waals surface area contributed by atoms with Crippen molar-refractivity contribution >= 4 is 12.0 Å². The number of ether oxygens (including phenoxy) is 2. The van der Waals surface area contributed by atoms with E-state index in [4.69, 9.17) is 14.7 Å². The summed E-state index contributed by atoms with van der Waals surface area (Å²) in [6.45, 7) is 3.08. The van der Waals surface area contributed by atoms with Crippen LogP contribution < -0.4 is 10.1 Å². The van der Waals surface area contributed by atoms with Gasteiger partial charge in [0.1, 0.15) is 23.5 Å². The zero-order valence-electron chi connectivity index (χ0n) is 12.9. The van der Waals surface area contributed by atoms with Crippen molar-refractivity contribution in [1.29, 1.82) is 5.26 Å². The molecular weight excluding hydrogens is 280 g/mol. The summed E-state index contributed by atoms with van der Waals surface area (Å²) in [7, 11) is 1.61. The van der Waals surface area contributed by atoms with Gasteiger partial charge in [-0.2, -0.15) is 5.26 Å². The third-order valence-electron chi connectivity index (χ3n) is 3.41. The smallest absolute Gasteiger partial charge is 0.261 e. The summed E-state index contributed by atoms with van der Waals surface area (Å²) >= 11 is 0. The zero-order chi connectivity index (χ0) is 15.9. The number of hydrogen-bond acceptors (Lipinski definition) is 4. The first-order valence-corrected chi connectivity index (χ1v) is 7.32. The third-order valence-corrected chi connectivity index (χ3v) is 3.41. The van der Waals surface area contributed by atoms with Crippen LogP contribution in [0.25, 0.3) is 6.08 Å². The predicted octanol–water partition coefficient (Wildman–Crippen LogP) is 2.07. The molecule has 0 fully saturated rings. The van der Waals surface area contributed by atoms with E-state index in [1.165, 1.54) is 0 Å². The van der Waals surface area contributed by atoms with Crippen LogP contribution in [0.15, 0.2) is 23.8 Å². The maximum absolute atomic E-state index is 12.0. The lowest BCUT2D eigenvalue weighted by atomic mass is 10.1. The highest BCUT2D eigenvalue weighted by molar-refractivity contribution is 6.01. The van der Waals surface area contributed by atoms with Gasteiger partial charge in [-0.05, 0) is 36.6 Å². The molecule has 1 aliphatic heterocycles. The Morgan fingerprint density at radius 2 is 2.41 bits per heavy atom. The minimum absolute atomic E-state index is 0.0865. The molecule has 0 aliphatic carbocycles. The van der Waals surface area contributed by atoms with E-state index in [2.05, 4.69) is 5.32 Å². The van der Waals surface area contributed by atoms with Crippen molar-refractivity contribution in [3.63, 3.8) is 0 Å². The Bertz CT molecular complexity index is 617. The van der Waals surface area contributed by atoms with E-state index < -0.39 is 0 Å². The van der Waals surface area contributed by atoms with Crippen LogP contribution in [0.1, 0.15) is 24.5 Å². The molecule has 0 saturated carbocycles. The quantitative estimate of drug-likeness (QED) is 0.496. The number of benzene rings is 1. The van der Waals surface area contributed by atoms with Crippen LogP contribution in [0, 0.1) is 11.3 Å². The van der Waals surface area contributed by atoms with Gasteiger partial charge in [0, 0.05) is 26.7 Å². The molecular formula is C17H20N2O3. The molecule has 5 nitrogen and oxygen atoms in total. The molecule has 1 aliphatic rings. The molecule has 0 radical (unpaired) electrons. The van der Waals surface area contributed by atoms with Gasteiger partial charge in [-0.15, -0.1) is 0 Å². The summed E-state index contributed by atoms with van der Waals surface area (Å²) in [5, 5.41) is 11.9. The number of rotatable bonds is 6. The van der Waals surface area contributed by atoms with E-state index in [9.17, 15) is 4.79 Å². The van der Waals surface area contributed by atoms with Gasteiger partial charge >= 0.3 is 0 Å². The Kier molecular flexibility index (Phi) is 5.56.